The normalized spacial score (nSPS) is 11.4. The second-order valence-corrected chi connectivity index (χ2v) is 5.66. The van der Waals surface area contributed by atoms with Gasteiger partial charge >= 0.3 is 0 Å². The molecule has 1 heterocycles. The lowest BCUT2D eigenvalue weighted by Gasteiger charge is -2.15. The molecule has 0 aliphatic rings. The molecule has 1 amide bonds. The molecule has 106 valence electrons. The molecular formula is C15H20N4O. The lowest BCUT2D eigenvalue weighted by molar-refractivity contribution is -0.123. The highest BCUT2D eigenvalue weighted by molar-refractivity contribution is 5.92. The molecule has 0 saturated heterocycles. The fourth-order valence-electron chi connectivity index (χ4n) is 1.69. The highest BCUT2D eigenvalue weighted by Crippen LogP contribution is 2.17. The molecule has 0 atom stereocenters. The van der Waals surface area contributed by atoms with Crippen LogP contribution in [0.4, 0.5) is 5.95 Å². The third-order valence-electron chi connectivity index (χ3n) is 2.90. The van der Waals surface area contributed by atoms with Crippen LogP contribution >= 0.6 is 0 Å². The fourth-order valence-corrected chi connectivity index (χ4v) is 1.69. The van der Waals surface area contributed by atoms with Crippen LogP contribution in [0.2, 0.25) is 0 Å². The average Bonchev–Trinajstić information content (AvgIpc) is 2.81. The zero-order chi connectivity index (χ0) is 14.8. The number of hydrogen-bond donors (Lipinski definition) is 1. The Morgan fingerprint density at radius 1 is 1.25 bits per heavy atom. The van der Waals surface area contributed by atoms with Gasteiger partial charge in [0.15, 0.2) is 0 Å². The van der Waals surface area contributed by atoms with Crippen molar-refractivity contribution in [3.05, 3.63) is 36.2 Å². The predicted octanol–water partition coefficient (Wildman–Crippen LogP) is 2.81. The van der Waals surface area contributed by atoms with E-state index in [0.29, 0.717) is 5.95 Å². The van der Waals surface area contributed by atoms with Crippen LogP contribution in [0.25, 0.3) is 5.69 Å². The van der Waals surface area contributed by atoms with Gasteiger partial charge in [-0.1, -0.05) is 45.9 Å². The number of rotatable bonds is 3. The summed E-state index contributed by atoms with van der Waals surface area (Å²) in [6, 6.07) is 9.77. The average molecular weight is 272 g/mol. The lowest BCUT2D eigenvalue weighted by Crippen LogP contribution is -2.28. The topological polar surface area (TPSA) is 59.8 Å². The van der Waals surface area contributed by atoms with Crippen molar-refractivity contribution in [2.45, 2.75) is 34.1 Å². The summed E-state index contributed by atoms with van der Waals surface area (Å²) in [5.41, 5.74) is 0.470. The summed E-state index contributed by atoms with van der Waals surface area (Å²) < 4.78 is 1.76. The molecule has 5 nitrogen and oxygen atoms in total. The van der Waals surface area contributed by atoms with Crippen molar-refractivity contribution in [3.63, 3.8) is 0 Å². The maximum absolute atomic E-state index is 12.0. The summed E-state index contributed by atoms with van der Waals surface area (Å²) in [7, 11) is 0. The Morgan fingerprint density at radius 3 is 2.45 bits per heavy atom. The standard InChI is InChI=1S/C15H20N4O/c1-5-12-16-14(17-13(20)15(2,3)4)18-19(12)11-9-7-6-8-10-11/h6-10H,5H2,1-4H3,(H,17,18,20). The summed E-state index contributed by atoms with van der Waals surface area (Å²) in [4.78, 5) is 16.4. The SMILES string of the molecule is CCc1nc(NC(=O)C(C)(C)C)nn1-c1ccccc1. The van der Waals surface area contributed by atoms with Crippen molar-refractivity contribution in [2.24, 2.45) is 5.41 Å². The van der Waals surface area contributed by atoms with E-state index in [1.54, 1.807) is 4.68 Å². The fraction of sp³-hybridized carbons (Fsp3) is 0.400. The van der Waals surface area contributed by atoms with Crippen molar-refractivity contribution >= 4 is 11.9 Å². The van der Waals surface area contributed by atoms with E-state index < -0.39 is 5.41 Å². The molecule has 5 heteroatoms. The van der Waals surface area contributed by atoms with Crippen LogP contribution in [0.3, 0.4) is 0 Å². The monoisotopic (exact) mass is 272 g/mol. The van der Waals surface area contributed by atoms with E-state index in [9.17, 15) is 4.79 Å². The molecule has 0 radical (unpaired) electrons. The molecule has 0 fully saturated rings. The van der Waals surface area contributed by atoms with Crippen molar-refractivity contribution in [1.29, 1.82) is 0 Å². The molecule has 1 aromatic carbocycles. The van der Waals surface area contributed by atoms with Crippen molar-refractivity contribution in [2.75, 3.05) is 5.32 Å². The minimum absolute atomic E-state index is 0.0923. The molecule has 1 N–H and O–H groups in total. The molecule has 0 unspecified atom stereocenters. The summed E-state index contributed by atoms with van der Waals surface area (Å²) in [6.45, 7) is 7.59. The molecule has 0 aliphatic heterocycles. The Bertz CT molecular complexity index is 596. The molecule has 0 spiro atoms. The van der Waals surface area contributed by atoms with Crippen molar-refractivity contribution in [1.82, 2.24) is 14.8 Å². The number of carbonyl (C=O) groups excluding carboxylic acids is 1. The number of anilines is 1. The Labute approximate surface area is 119 Å². The zero-order valence-electron chi connectivity index (χ0n) is 12.3. The van der Waals surface area contributed by atoms with Crippen LogP contribution in [0.5, 0.6) is 0 Å². The van der Waals surface area contributed by atoms with Gasteiger partial charge < -0.3 is 0 Å². The van der Waals surface area contributed by atoms with Gasteiger partial charge in [-0.25, -0.2) is 4.68 Å². The quantitative estimate of drug-likeness (QED) is 0.934. The van der Waals surface area contributed by atoms with Gasteiger partial charge in [-0.05, 0) is 12.1 Å². The molecule has 2 aromatic rings. The van der Waals surface area contributed by atoms with Gasteiger partial charge in [0, 0.05) is 11.8 Å². The third kappa shape index (κ3) is 3.04. The van der Waals surface area contributed by atoms with Gasteiger partial charge in [0.25, 0.3) is 0 Å². The first kappa shape index (κ1) is 14.2. The molecule has 20 heavy (non-hydrogen) atoms. The van der Waals surface area contributed by atoms with Gasteiger partial charge in [-0.2, -0.15) is 4.98 Å². The first-order valence-electron chi connectivity index (χ1n) is 6.74. The van der Waals surface area contributed by atoms with E-state index in [1.807, 2.05) is 58.0 Å². The number of hydrogen-bond acceptors (Lipinski definition) is 3. The van der Waals surface area contributed by atoms with Crippen molar-refractivity contribution < 1.29 is 4.79 Å². The predicted molar refractivity (Wildman–Crippen MR) is 78.8 cm³/mol. The van der Waals surface area contributed by atoms with E-state index in [2.05, 4.69) is 15.4 Å². The Morgan fingerprint density at radius 2 is 1.90 bits per heavy atom. The van der Waals surface area contributed by atoms with Gasteiger partial charge in [0.05, 0.1) is 5.69 Å². The van der Waals surface area contributed by atoms with Gasteiger partial charge in [-0.15, -0.1) is 5.10 Å². The lowest BCUT2D eigenvalue weighted by atomic mass is 9.96. The molecular weight excluding hydrogens is 252 g/mol. The van der Waals surface area contributed by atoms with E-state index in [0.717, 1.165) is 17.9 Å². The number of nitrogens with zero attached hydrogens (tertiary/aromatic N) is 3. The van der Waals surface area contributed by atoms with E-state index in [4.69, 9.17) is 0 Å². The number of benzene rings is 1. The number of aryl methyl sites for hydroxylation is 1. The van der Waals surface area contributed by atoms with Crippen LogP contribution in [-0.4, -0.2) is 20.7 Å². The summed E-state index contributed by atoms with van der Waals surface area (Å²) in [6.07, 6.45) is 0.743. The summed E-state index contributed by atoms with van der Waals surface area (Å²) >= 11 is 0. The van der Waals surface area contributed by atoms with Gasteiger partial charge in [0.2, 0.25) is 11.9 Å². The molecule has 1 aromatic heterocycles. The van der Waals surface area contributed by atoms with Gasteiger partial charge in [0.1, 0.15) is 5.82 Å². The Balaban J connectivity index is 2.30. The first-order chi connectivity index (χ1) is 9.41. The van der Waals surface area contributed by atoms with Crippen LogP contribution in [-0.2, 0) is 11.2 Å². The molecule has 0 saturated carbocycles. The van der Waals surface area contributed by atoms with Crippen LogP contribution in [0.15, 0.2) is 30.3 Å². The maximum Gasteiger partial charge on any atom is 0.249 e. The van der Waals surface area contributed by atoms with Gasteiger partial charge in [-0.3, -0.25) is 10.1 Å². The largest absolute Gasteiger partial charge is 0.293 e. The zero-order valence-corrected chi connectivity index (χ0v) is 12.3. The summed E-state index contributed by atoms with van der Waals surface area (Å²) in [5, 5.41) is 7.14. The van der Waals surface area contributed by atoms with Crippen LogP contribution in [0.1, 0.15) is 33.5 Å². The number of amides is 1. The number of carbonyl (C=O) groups is 1. The minimum Gasteiger partial charge on any atom is -0.293 e. The minimum atomic E-state index is -0.468. The highest BCUT2D eigenvalue weighted by Gasteiger charge is 2.23. The molecule has 0 aliphatic carbocycles. The maximum atomic E-state index is 12.0. The van der Waals surface area contributed by atoms with Crippen LogP contribution in [0, 0.1) is 5.41 Å². The Hall–Kier alpha value is -2.17. The van der Waals surface area contributed by atoms with E-state index in [-0.39, 0.29) is 5.91 Å². The molecule has 0 bridgehead atoms. The van der Waals surface area contributed by atoms with E-state index in [1.165, 1.54) is 0 Å². The smallest absolute Gasteiger partial charge is 0.249 e. The number of nitrogens with one attached hydrogen (secondary N) is 1. The number of aromatic nitrogens is 3. The third-order valence-corrected chi connectivity index (χ3v) is 2.90. The second kappa shape index (κ2) is 5.45. The molecule has 2 rings (SSSR count). The Kier molecular flexibility index (Phi) is 3.88. The second-order valence-electron chi connectivity index (χ2n) is 5.66. The first-order valence-corrected chi connectivity index (χ1v) is 6.74. The van der Waals surface area contributed by atoms with Crippen molar-refractivity contribution in [3.8, 4) is 5.69 Å². The van der Waals surface area contributed by atoms with Crippen LogP contribution < -0.4 is 5.32 Å². The van der Waals surface area contributed by atoms with E-state index >= 15 is 0 Å². The summed E-state index contributed by atoms with van der Waals surface area (Å²) in [5.74, 6) is 1.08. The number of para-hydroxylation sites is 1. The highest BCUT2D eigenvalue weighted by atomic mass is 16.2.